The van der Waals surface area contributed by atoms with Crippen molar-refractivity contribution in [1.29, 1.82) is 0 Å². The predicted octanol–water partition coefficient (Wildman–Crippen LogP) is 6.44. The van der Waals surface area contributed by atoms with Crippen LogP contribution >= 0.6 is 0 Å². The number of amides is 2. The van der Waals surface area contributed by atoms with E-state index in [9.17, 15) is 22.8 Å². The second-order valence-electron chi connectivity index (χ2n) is 11.1. The summed E-state index contributed by atoms with van der Waals surface area (Å²) in [5, 5.41) is 0. The molecule has 4 rings (SSSR count). The van der Waals surface area contributed by atoms with Crippen LogP contribution in [0.1, 0.15) is 22.3 Å². The summed E-state index contributed by atoms with van der Waals surface area (Å²) in [5.41, 5.74) is 3.11. The maximum atomic E-state index is 14.0. The van der Waals surface area contributed by atoms with Crippen molar-refractivity contribution in [2.75, 3.05) is 34.2 Å². The number of rotatable bonds is 12. The molecule has 3 aromatic carbocycles. The largest absolute Gasteiger partial charge is 0.416 e. The Morgan fingerprint density at radius 1 is 0.800 bits per heavy atom. The molecular formula is C36H37F3N4O2. The molecule has 0 aliphatic rings. The van der Waals surface area contributed by atoms with Gasteiger partial charge in [0.2, 0.25) is 11.8 Å². The molecule has 4 aromatic rings. The van der Waals surface area contributed by atoms with Crippen LogP contribution in [0.5, 0.6) is 0 Å². The Balaban J connectivity index is 1.68. The van der Waals surface area contributed by atoms with Gasteiger partial charge in [0.05, 0.1) is 11.3 Å². The average molecular weight is 615 g/mol. The molecule has 45 heavy (non-hydrogen) atoms. The summed E-state index contributed by atoms with van der Waals surface area (Å²) in [6.07, 6.45) is 0.344. The lowest BCUT2D eigenvalue weighted by Gasteiger charge is -2.34. The highest BCUT2D eigenvalue weighted by Gasteiger charge is 2.32. The Hall–Kier alpha value is -4.76. The zero-order valence-corrected chi connectivity index (χ0v) is 25.6. The summed E-state index contributed by atoms with van der Waals surface area (Å²) in [4.78, 5) is 37.5. The first kappa shape index (κ1) is 33.1. The monoisotopic (exact) mass is 614 g/mol. The van der Waals surface area contributed by atoms with Gasteiger partial charge in [-0.3, -0.25) is 14.6 Å². The number of carbonyl (C=O) groups is 2. The molecule has 0 saturated heterocycles. The van der Waals surface area contributed by atoms with Gasteiger partial charge in [0.15, 0.2) is 0 Å². The summed E-state index contributed by atoms with van der Waals surface area (Å²) in [6, 6.07) is 26.6. The molecule has 0 bridgehead atoms. The highest BCUT2D eigenvalue weighted by molar-refractivity contribution is 5.95. The first-order valence-corrected chi connectivity index (χ1v) is 14.6. The van der Waals surface area contributed by atoms with Crippen molar-refractivity contribution in [2.45, 2.75) is 25.2 Å². The van der Waals surface area contributed by atoms with Gasteiger partial charge in [0, 0.05) is 50.9 Å². The van der Waals surface area contributed by atoms with E-state index < -0.39 is 23.7 Å². The maximum Gasteiger partial charge on any atom is 0.416 e. The molecular weight excluding hydrogens is 577 g/mol. The van der Waals surface area contributed by atoms with E-state index in [-0.39, 0.29) is 18.9 Å². The molecule has 1 aromatic heterocycles. The molecule has 0 fully saturated rings. The van der Waals surface area contributed by atoms with Crippen molar-refractivity contribution in [1.82, 2.24) is 19.7 Å². The average Bonchev–Trinajstić information content (AvgIpc) is 3.04. The molecule has 0 aliphatic heterocycles. The van der Waals surface area contributed by atoms with Gasteiger partial charge in [-0.2, -0.15) is 13.2 Å². The van der Waals surface area contributed by atoms with Crippen molar-refractivity contribution in [3.8, 4) is 11.3 Å². The zero-order valence-electron chi connectivity index (χ0n) is 25.6. The minimum absolute atomic E-state index is 0.142. The number of nitrogens with zero attached hydrogens (tertiary/aromatic N) is 4. The Morgan fingerprint density at radius 3 is 2.07 bits per heavy atom. The van der Waals surface area contributed by atoms with Gasteiger partial charge in [0.25, 0.3) is 0 Å². The van der Waals surface area contributed by atoms with Crippen molar-refractivity contribution in [3.63, 3.8) is 0 Å². The lowest BCUT2D eigenvalue weighted by molar-refractivity contribution is -0.143. The van der Waals surface area contributed by atoms with Crippen molar-refractivity contribution >= 4 is 17.9 Å². The van der Waals surface area contributed by atoms with Crippen LogP contribution in [0.3, 0.4) is 0 Å². The first-order valence-electron chi connectivity index (χ1n) is 14.6. The third kappa shape index (κ3) is 9.61. The van der Waals surface area contributed by atoms with E-state index in [0.717, 1.165) is 34.5 Å². The highest BCUT2D eigenvalue weighted by Crippen LogP contribution is 2.29. The van der Waals surface area contributed by atoms with Crippen LogP contribution in [0.2, 0.25) is 0 Å². The standard InChI is InChI=1S/C36H37F3N4O2/c1-41(2)23-24-42(3)35(45)33(25-28-9-5-4-6-10-28)43(26-29-12-17-30(18-13-29)32-11-7-8-22-40-32)34(44)21-16-27-14-19-31(20-15-27)36(37,38)39/h4-22,33H,23-26H2,1-3H3/b21-16+/t33-/m0/s1. The number of likely N-dealkylation sites (N-methyl/N-ethyl adjacent to an activating group) is 2. The summed E-state index contributed by atoms with van der Waals surface area (Å²) in [7, 11) is 5.58. The van der Waals surface area contributed by atoms with Gasteiger partial charge in [-0.05, 0) is 61.1 Å². The fraction of sp³-hybridized carbons (Fsp3) is 0.250. The molecule has 234 valence electrons. The lowest BCUT2D eigenvalue weighted by atomic mass is 10.0. The van der Waals surface area contributed by atoms with Gasteiger partial charge in [-0.15, -0.1) is 0 Å². The van der Waals surface area contributed by atoms with E-state index in [1.54, 1.807) is 18.1 Å². The smallest absolute Gasteiger partial charge is 0.343 e. The normalized spacial score (nSPS) is 12.3. The first-order chi connectivity index (χ1) is 21.5. The summed E-state index contributed by atoms with van der Waals surface area (Å²) in [5.74, 6) is -0.638. The van der Waals surface area contributed by atoms with Crippen LogP contribution in [0.15, 0.2) is 109 Å². The molecule has 1 heterocycles. The van der Waals surface area contributed by atoms with Gasteiger partial charge < -0.3 is 14.7 Å². The molecule has 1 atom stereocenters. The number of aromatic nitrogens is 1. The van der Waals surface area contributed by atoms with E-state index in [2.05, 4.69) is 4.98 Å². The van der Waals surface area contributed by atoms with Crippen molar-refractivity contribution in [2.24, 2.45) is 0 Å². The Kier molecular flexibility index (Phi) is 11.3. The van der Waals surface area contributed by atoms with Crippen LogP contribution in [0.25, 0.3) is 17.3 Å². The summed E-state index contributed by atoms with van der Waals surface area (Å²) >= 11 is 0. The van der Waals surface area contributed by atoms with Crippen molar-refractivity contribution in [3.05, 3.63) is 132 Å². The predicted molar refractivity (Wildman–Crippen MR) is 171 cm³/mol. The highest BCUT2D eigenvalue weighted by atomic mass is 19.4. The topological polar surface area (TPSA) is 56.8 Å². The second kappa shape index (κ2) is 15.3. The fourth-order valence-electron chi connectivity index (χ4n) is 4.78. The summed E-state index contributed by atoms with van der Waals surface area (Å²) in [6.45, 7) is 1.26. The van der Waals surface area contributed by atoms with E-state index in [4.69, 9.17) is 0 Å². The molecule has 9 heteroatoms. The fourth-order valence-corrected chi connectivity index (χ4v) is 4.78. The number of carbonyl (C=O) groups excluding carboxylic acids is 2. The lowest BCUT2D eigenvalue weighted by Crippen LogP contribution is -2.51. The molecule has 0 spiro atoms. The van der Waals surface area contributed by atoms with E-state index in [1.165, 1.54) is 29.2 Å². The minimum atomic E-state index is -4.45. The maximum absolute atomic E-state index is 14.0. The molecule has 2 amide bonds. The number of alkyl halides is 3. The number of pyridine rings is 1. The quantitative estimate of drug-likeness (QED) is 0.172. The molecule has 0 aliphatic carbocycles. The third-order valence-electron chi connectivity index (χ3n) is 7.40. The SMILES string of the molecule is CN(C)CCN(C)C(=O)[C@H](Cc1ccccc1)N(Cc1ccc(-c2ccccn2)cc1)C(=O)/C=C/c1ccc(C(F)(F)F)cc1. The van der Waals surface area contributed by atoms with Gasteiger partial charge >= 0.3 is 6.18 Å². The Labute approximate surface area is 262 Å². The molecule has 0 saturated carbocycles. The number of hydrogen-bond acceptors (Lipinski definition) is 4. The van der Waals surface area contributed by atoms with Crippen LogP contribution in [-0.2, 0) is 28.7 Å². The van der Waals surface area contributed by atoms with E-state index in [1.807, 2.05) is 91.8 Å². The second-order valence-corrected chi connectivity index (χ2v) is 11.1. The molecule has 0 unspecified atom stereocenters. The number of halogens is 3. The number of benzene rings is 3. The molecule has 0 N–H and O–H groups in total. The van der Waals surface area contributed by atoms with E-state index in [0.29, 0.717) is 18.7 Å². The van der Waals surface area contributed by atoms with Crippen LogP contribution in [0.4, 0.5) is 13.2 Å². The zero-order chi connectivity index (χ0) is 32.4. The minimum Gasteiger partial charge on any atom is -0.343 e. The van der Waals surface area contributed by atoms with Crippen molar-refractivity contribution < 1.29 is 22.8 Å². The summed E-state index contributed by atoms with van der Waals surface area (Å²) < 4.78 is 39.2. The Morgan fingerprint density at radius 2 is 1.47 bits per heavy atom. The molecule has 6 nitrogen and oxygen atoms in total. The van der Waals surface area contributed by atoms with Gasteiger partial charge in [-0.1, -0.05) is 72.8 Å². The molecule has 0 radical (unpaired) electrons. The van der Waals surface area contributed by atoms with E-state index >= 15 is 0 Å². The number of hydrogen-bond donors (Lipinski definition) is 0. The Bertz CT molecular complexity index is 1560. The third-order valence-corrected chi connectivity index (χ3v) is 7.40. The van der Waals surface area contributed by atoms with Crippen LogP contribution < -0.4 is 0 Å². The van der Waals surface area contributed by atoms with Gasteiger partial charge in [0.1, 0.15) is 6.04 Å². The van der Waals surface area contributed by atoms with Gasteiger partial charge in [-0.25, -0.2) is 0 Å². The van der Waals surface area contributed by atoms with Crippen LogP contribution in [-0.4, -0.2) is 71.8 Å². The van der Waals surface area contributed by atoms with Crippen LogP contribution in [0, 0.1) is 0 Å².